The summed E-state index contributed by atoms with van der Waals surface area (Å²) in [6.45, 7) is 0.740. The maximum absolute atomic E-state index is 13.6. The maximum atomic E-state index is 13.6. The molecule has 0 unspecified atom stereocenters. The van der Waals surface area contributed by atoms with Gasteiger partial charge >= 0.3 is 0 Å². The van der Waals surface area contributed by atoms with E-state index in [1.54, 1.807) is 13.2 Å². The van der Waals surface area contributed by atoms with E-state index in [1.165, 1.54) is 37.3 Å². The summed E-state index contributed by atoms with van der Waals surface area (Å²) in [5.41, 5.74) is 5.58. The molecule has 0 amide bonds. The van der Waals surface area contributed by atoms with Crippen molar-refractivity contribution in [2.24, 2.45) is 0 Å². The van der Waals surface area contributed by atoms with E-state index in [9.17, 15) is 4.39 Å². The predicted molar refractivity (Wildman–Crippen MR) is 97.0 cm³/mol. The predicted octanol–water partition coefficient (Wildman–Crippen LogP) is 5.46. The third-order valence-corrected chi connectivity index (χ3v) is 5.19. The highest BCUT2D eigenvalue weighted by Crippen LogP contribution is 2.40. The van der Waals surface area contributed by atoms with Crippen LogP contribution in [-0.4, -0.2) is 13.7 Å². The minimum absolute atomic E-state index is 0.190. The second kappa shape index (κ2) is 6.31. The van der Waals surface area contributed by atoms with Gasteiger partial charge in [-0.2, -0.15) is 0 Å². The molecule has 2 aromatic rings. The molecule has 1 saturated carbocycles. The lowest BCUT2D eigenvalue weighted by Crippen LogP contribution is -1.98. The molecule has 3 heteroatoms. The summed E-state index contributed by atoms with van der Waals surface area (Å²) in [4.78, 5) is 0. The molecule has 1 aliphatic carbocycles. The van der Waals surface area contributed by atoms with Gasteiger partial charge in [0.1, 0.15) is 11.6 Å². The molecule has 0 bridgehead atoms. The van der Waals surface area contributed by atoms with Crippen LogP contribution >= 0.6 is 0 Å². The van der Waals surface area contributed by atoms with E-state index in [-0.39, 0.29) is 5.82 Å². The Kier molecular flexibility index (Phi) is 4.01. The van der Waals surface area contributed by atoms with Gasteiger partial charge in [-0.25, -0.2) is 4.39 Å². The van der Waals surface area contributed by atoms with Crippen LogP contribution in [0.15, 0.2) is 36.4 Å². The number of benzene rings is 2. The standard InChI is InChI=1S/C21H22FNO/c1-24-21-9-6-14(11-19(21)15-4-2-3-5-15)10-16-13-23-20-8-7-17(22)12-18(16)20/h6-12,15,23H,2-5,13H2,1H3. The molecule has 4 rings (SSSR count). The van der Waals surface area contributed by atoms with Crippen molar-refractivity contribution in [1.29, 1.82) is 0 Å². The van der Waals surface area contributed by atoms with Gasteiger partial charge in [-0.05, 0) is 71.9 Å². The number of methoxy groups -OCH3 is 1. The summed E-state index contributed by atoms with van der Waals surface area (Å²) in [5, 5.41) is 3.33. The second-order valence-corrected chi connectivity index (χ2v) is 6.70. The van der Waals surface area contributed by atoms with Crippen LogP contribution in [0.4, 0.5) is 10.1 Å². The van der Waals surface area contributed by atoms with Gasteiger partial charge in [-0.1, -0.05) is 18.9 Å². The molecular weight excluding hydrogens is 301 g/mol. The monoisotopic (exact) mass is 323 g/mol. The Morgan fingerprint density at radius 3 is 2.75 bits per heavy atom. The van der Waals surface area contributed by atoms with Gasteiger partial charge in [0.25, 0.3) is 0 Å². The number of fused-ring (bicyclic) bond motifs is 1. The zero-order valence-corrected chi connectivity index (χ0v) is 13.9. The first-order chi connectivity index (χ1) is 11.7. The summed E-state index contributed by atoms with van der Waals surface area (Å²) >= 11 is 0. The molecule has 0 atom stereocenters. The number of ether oxygens (including phenoxy) is 1. The highest BCUT2D eigenvalue weighted by Gasteiger charge is 2.21. The van der Waals surface area contributed by atoms with Gasteiger partial charge in [-0.3, -0.25) is 0 Å². The Balaban J connectivity index is 1.71. The van der Waals surface area contributed by atoms with Crippen molar-refractivity contribution in [2.75, 3.05) is 19.0 Å². The fourth-order valence-electron chi connectivity index (χ4n) is 3.95. The smallest absolute Gasteiger partial charge is 0.123 e. The molecule has 1 heterocycles. The molecule has 24 heavy (non-hydrogen) atoms. The minimum Gasteiger partial charge on any atom is -0.496 e. The highest BCUT2D eigenvalue weighted by molar-refractivity contribution is 5.93. The van der Waals surface area contributed by atoms with Crippen molar-refractivity contribution < 1.29 is 9.13 Å². The molecule has 2 nitrogen and oxygen atoms in total. The van der Waals surface area contributed by atoms with Crippen molar-refractivity contribution in [3.63, 3.8) is 0 Å². The Labute approximate surface area is 142 Å². The van der Waals surface area contributed by atoms with Crippen LogP contribution in [0.5, 0.6) is 5.75 Å². The van der Waals surface area contributed by atoms with Crippen molar-refractivity contribution in [2.45, 2.75) is 31.6 Å². The molecule has 2 aromatic carbocycles. The zero-order chi connectivity index (χ0) is 16.5. The first-order valence-electron chi connectivity index (χ1n) is 8.67. The molecule has 0 radical (unpaired) electrons. The first kappa shape index (κ1) is 15.3. The van der Waals surface area contributed by atoms with Crippen LogP contribution in [0.2, 0.25) is 0 Å². The van der Waals surface area contributed by atoms with Gasteiger partial charge in [0.05, 0.1) is 7.11 Å². The Morgan fingerprint density at radius 1 is 1.12 bits per heavy atom. The quantitative estimate of drug-likeness (QED) is 0.810. The lowest BCUT2D eigenvalue weighted by Gasteiger charge is -2.15. The average Bonchev–Trinajstić information content (AvgIpc) is 3.25. The van der Waals surface area contributed by atoms with Gasteiger partial charge < -0.3 is 10.1 Å². The summed E-state index contributed by atoms with van der Waals surface area (Å²) < 4.78 is 19.1. The summed E-state index contributed by atoms with van der Waals surface area (Å²) in [6, 6.07) is 11.3. The van der Waals surface area contributed by atoms with Crippen molar-refractivity contribution in [3.8, 4) is 5.75 Å². The maximum Gasteiger partial charge on any atom is 0.123 e. The lowest BCUT2D eigenvalue weighted by atomic mass is 9.94. The summed E-state index contributed by atoms with van der Waals surface area (Å²) in [7, 11) is 1.74. The van der Waals surface area contributed by atoms with Crippen molar-refractivity contribution >= 4 is 17.3 Å². The summed E-state index contributed by atoms with van der Waals surface area (Å²) in [6.07, 6.45) is 7.25. The van der Waals surface area contributed by atoms with E-state index in [1.807, 2.05) is 6.07 Å². The molecule has 1 N–H and O–H groups in total. The van der Waals surface area contributed by atoms with Gasteiger partial charge in [0.2, 0.25) is 0 Å². The number of nitrogens with one attached hydrogen (secondary N) is 1. The van der Waals surface area contributed by atoms with Crippen molar-refractivity contribution in [3.05, 3.63) is 58.9 Å². The average molecular weight is 323 g/mol. The fraction of sp³-hybridized carbons (Fsp3) is 0.333. The fourth-order valence-corrected chi connectivity index (χ4v) is 3.95. The van der Waals surface area contributed by atoms with Crippen LogP contribution in [0.1, 0.15) is 48.3 Å². The van der Waals surface area contributed by atoms with Gasteiger partial charge in [-0.15, -0.1) is 0 Å². The largest absolute Gasteiger partial charge is 0.496 e. The molecule has 0 saturated heterocycles. The third-order valence-electron chi connectivity index (χ3n) is 5.19. The minimum atomic E-state index is -0.190. The second-order valence-electron chi connectivity index (χ2n) is 6.70. The number of halogens is 1. The Hall–Kier alpha value is -2.29. The molecule has 1 aliphatic heterocycles. The zero-order valence-electron chi connectivity index (χ0n) is 13.9. The van der Waals surface area contributed by atoms with Crippen LogP contribution in [0, 0.1) is 5.82 Å². The van der Waals surface area contributed by atoms with Gasteiger partial charge in [0, 0.05) is 17.8 Å². The Morgan fingerprint density at radius 2 is 1.96 bits per heavy atom. The third kappa shape index (κ3) is 2.79. The van der Waals surface area contributed by atoms with E-state index in [0.717, 1.165) is 34.7 Å². The van der Waals surface area contributed by atoms with E-state index in [4.69, 9.17) is 4.74 Å². The molecule has 0 spiro atoms. The molecule has 1 fully saturated rings. The first-order valence-corrected chi connectivity index (χ1v) is 8.67. The van der Waals surface area contributed by atoms with Crippen LogP contribution in [0.3, 0.4) is 0 Å². The highest BCUT2D eigenvalue weighted by atomic mass is 19.1. The summed E-state index contributed by atoms with van der Waals surface area (Å²) in [5.74, 6) is 1.40. The normalized spacial score (nSPS) is 18.7. The SMILES string of the molecule is COc1ccc(C=C2CNc3ccc(F)cc32)cc1C1CCCC1. The van der Waals surface area contributed by atoms with Crippen molar-refractivity contribution in [1.82, 2.24) is 0 Å². The number of hydrogen-bond acceptors (Lipinski definition) is 2. The van der Waals surface area contributed by atoms with E-state index in [0.29, 0.717) is 5.92 Å². The molecule has 124 valence electrons. The van der Waals surface area contributed by atoms with Crippen LogP contribution in [-0.2, 0) is 0 Å². The number of rotatable bonds is 3. The topological polar surface area (TPSA) is 21.3 Å². The van der Waals surface area contributed by atoms with E-state index < -0.39 is 0 Å². The van der Waals surface area contributed by atoms with Crippen LogP contribution < -0.4 is 10.1 Å². The van der Waals surface area contributed by atoms with E-state index in [2.05, 4.69) is 29.6 Å². The molecule has 0 aromatic heterocycles. The lowest BCUT2D eigenvalue weighted by molar-refractivity contribution is 0.405. The number of anilines is 1. The van der Waals surface area contributed by atoms with Crippen LogP contribution in [0.25, 0.3) is 11.6 Å². The van der Waals surface area contributed by atoms with Gasteiger partial charge in [0.15, 0.2) is 0 Å². The van der Waals surface area contributed by atoms with E-state index >= 15 is 0 Å². The Bertz CT molecular complexity index is 790. The number of hydrogen-bond donors (Lipinski definition) is 1. The molecule has 2 aliphatic rings. The molecular formula is C21H22FNO.